The summed E-state index contributed by atoms with van der Waals surface area (Å²) < 4.78 is 27.3. The minimum absolute atomic E-state index is 0.141. The van der Waals surface area contributed by atoms with E-state index in [0.717, 1.165) is 5.56 Å². The minimum atomic E-state index is -3.73. The molecule has 0 atom stereocenters. The van der Waals surface area contributed by atoms with Gasteiger partial charge in [0.05, 0.1) is 4.90 Å². The molecule has 144 valence electrons. The first-order valence-electron chi connectivity index (χ1n) is 8.25. The number of carbonyl (C=O) groups excluding carboxylic acids is 1. The second-order valence-electron chi connectivity index (χ2n) is 5.92. The van der Waals surface area contributed by atoms with E-state index in [1.54, 1.807) is 54.6 Å². The van der Waals surface area contributed by atoms with Crippen LogP contribution in [0.1, 0.15) is 15.9 Å². The number of hydrogen-bond donors (Lipinski definition) is 2. The molecule has 3 rings (SSSR count). The molecule has 3 aromatic rings. The van der Waals surface area contributed by atoms with Crippen LogP contribution >= 0.6 is 23.2 Å². The quantitative estimate of drug-likeness (QED) is 0.588. The maximum Gasteiger partial charge on any atom is 0.261 e. The van der Waals surface area contributed by atoms with Crippen molar-refractivity contribution in [2.24, 2.45) is 0 Å². The van der Waals surface area contributed by atoms with E-state index < -0.39 is 10.0 Å². The lowest BCUT2D eigenvalue weighted by atomic mass is 10.1. The molecular formula is C20H16Cl2N2O3S. The molecule has 0 radical (unpaired) electrons. The van der Waals surface area contributed by atoms with E-state index in [1.807, 2.05) is 0 Å². The van der Waals surface area contributed by atoms with Crippen molar-refractivity contribution in [2.45, 2.75) is 11.4 Å². The van der Waals surface area contributed by atoms with Crippen LogP contribution in [0.4, 0.5) is 5.69 Å². The highest BCUT2D eigenvalue weighted by molar-refractivity contribution is 7.92. The number of sulfonamides is 1. The van der Waals surface area contributed by atoms with E-state index in [9.17, 15) is 13.2 Å². The van der Waals surface area contributed by atoms with Crippen molar-refractivity contribution >= 4 is 44.8 Å². The fourth-order valence-electron chi connectivity index (χ4n) is 2.48. The molecule has 0 unspecified atom stereocenters. The second-order valence-corrected chi connectivity index (χ2v) is 8.44. The second kappa shape index (κ2) is 8.65. The number of halogens is 2. The fourth-order valence-corrected chi connectivity index (χ4v) is 4.03. The van der Waals surface area contributed by atoms with Crippen LogP contribution in [0, 0.1) is 0 Å². The lowest BCUT2D eigenvalue weighted by Gasteiger charge is -2.10. The van der Waals surface area contributed by atoms with Gasteiger partial charge in [0.1, 0.15) is 0 Å². The Morgan fingerprint density at radius 1 is 0.893 bits per heavy atom. The van der Waals surface area contributed by atoms with E-state index in [4.69, 9.17) is 23.2 Å². The summed E-state index contributed by atoms with van der Waals surface area (Å²) in [4.78, 5) is 12.6. The van der Waals surface area contributed by atoms with Gasteiger partial charge in [-0.25, -0.2) is 8.42 Å². The van der Waals surface area contributed by atoms with Crippen LogP contribution in [-0.2, 0) is 16.6 Å². The van der Waals surface area contributed by atoms with Crippen LogP contribution in [0.3, 0.4) is 0 Å². The summed E-state index contributed by atoms with van der Waals surface area (Å²) in [6, 6.07) is 19.3. The van der Waals surface area contributed by atoms with Gasteiger partial charge in [-0.1, -0.05) is 53.5 Å². The summed E-state index contributed by atoms with van der Waals surface area (Å²) in [5.41, 5.74) is 1.33. The summed E-state index contributed by atoms with van der Waals surface area (Å²) >= 11 is 12.0. The van der Waals surface area contributed by atoms with E-state index >= 15 is 0 Å². The van der Waals surface area contributed by atoms with Gasteiger partial charge in [-0.15, -0.1) is 0 Å². The average Bonchev–Trinajstić information content (AvgIpc) is 2.67. The lowest BCUT2D eigenvalue weighted by Crippen LogP contribution is -2.23. The van der Waals surface area contributed by atoms with Gasteiger partial charge in [-0.05, 0) is 48.0 Å². The highest BCUT2D eigenvalue weighted by Crippen LogP contribution is 2.21. The first-order valence-corrected chi connectivity index (χ1v) is 10.5. The van der Waals surface area contributed by atoms with Crippen LogP contribution in [0.15, 0.2) is 77.7 Å². The van der Waals surface area contributed by atoms with Crippen LogP contribution in [0.25, 0.3) is 0 Å². The van der Waals surface area contributed by atoms with E-state index in [0.29, 0.717) is 21.3 Å². The molecule has 0 saturated heterocycles. The van der Waals surface area contributed by atoms with Gasteiger partial charge in [0.2, 0.25) is 0 Å². The molecule has 3 aromatic carbocycles. The lowest BCUT2D eigenvalue weighted by molar-refractivity contribution is 0.0951. The van der Waals surface area contributed by atoms with Crippen molar-refractivity contribution in [3.05, 3.63) is 94.0 Å². The summed E-state index contributed by atoms with van der Waals surface area (Å²) in [6.45, 7) is 0.217. The molecule has 0 aliphatic carbocycles. The van der Waals surface area contributed by atoms with Gasteiger partial charge < -0.3 is 5.32 Å². The molecule has 8 heteroatoms. The predicted molar refractivity (Wildman–Crippen MR) is 111 cm³/mol. The fraction of sp³-hybridized carbons (Fsp3) is 0.0500. The van der Waals surface area contributed by atoms with Crippen molar-refractivity contribution < 1.29 is 13.2 Å². The van der Waals surface area contributed by atoms with Gasteiger partial charge in [0.25, 0.3) is 15.9 Å². The van der Waals surface area contributed by atoms with Crippen molar-refractivity contribution in [1.29, 1.82) is 0 Å². The number of nitrogens with one attached hydrogen (secondary N) is 2. The Balaban J connectivity index is 1.71. The zero-order valence-corrected chi connectivity index (χ0v) is 16.9. The van der Waals surface area contributed by atoms with Gasteiger partial charge in [-0.3, -0.25) is 9.52 Å². The van der Waals surface area contributed by atoms with Crippen LogP contribution in [0.2, 0.25) is 10.0 Å². The Morgan fingerprint density at radius 2 is 1.64 bits per heavy atom. The molecule has 0 bridgehead atoms. The summed E-state index contributed by atoms with van der Waals surface area (Å²) in [5.74, 6) is -0.355. The van der Waals surface area contributed by atoms with E-state index in [1.165, 1.54) is 18.2 Å². The van der Waals surface area contributed by atoms with Crippen molar-refractivity contribution in [1.82, 2.24) is 5.32 Å². The molecule has 0 aliphatic rings. The number of anilines is 1. The monoisotopic (exact) mass is 434 g/mol. The number of hydrogen-bond acceptors (Lipinski definition) is 3. The third kappa shape index (κ3) is 5.04. The summed E-state index contributed by atoms with van der Waals surface area (Å²) in [6.07, 6.45) is 0. The van der Waals surface area contributed by atoms with Crippen molar-refractivity contribution in [3.8, 4) is 0 Å². The Hall–Kier alpha value is -2.54. The zero-order chi connectivity index (χ0) is 20.1. The molecule has 0 aromatic heterocycles. The minimum Gasteiger partial charge on any atom is -0.348 e. The van der Waals surface area contributed by atoms with Crippen molar-refractivity contribution in [2.75, 3.05) is 4.72 Å². The largest absolute Gasteiger partial charge is 0.348 e. The number of amides is 1. The van der Waals surface area contributed by atoms with Gasteiger partial charge in [0, 0.05) is 27.8 Å². The number of benzene rings is 3. The normalized spacial score (nSPS) is 11.1. The summed E-state index contributed by atoms with van der Waals surface area (Å²) in [5, 5.41) is 3.72. The van der Waals surface area contributed by atoms with Crippen molar-refractivity contribution in [3.63, 3.8) is 0 Å². The Labute approximate surface area is 173 Å². The van der Waals surface area contributed by atoms with E-state index in [2.05, 4.69) is 10.0 Å². The average molecular weight is 435 g/mol. The molecule has 28 heavy (non-hydrogen) atoms. The topological polar surface area (TPSA) is 75.3 Å². The standard InChI is InChI=1S/C20H16Cl2N2O3S/c21-16-10-9-15(19(22)12-16)13-23-20(25)14-5-4-6-17(11-14)24-28(26,27)18-7-2-1-3-8-18/h1-12,24H,13H2,(H,23,25). The van der Waals surface area contributed by atoms with Gasteiger partial charge in [0.15, 0.2) is 0 Å². The molecule has 5 nitrogen and oxygen atoms in total. The summed E-state index contributed by atoms with van der Waals surface area (Å²) in [7, 11) is -3.73. The molecule has 0 saturated carbocycles. The Bertz CT molecular complexity index is 1100. The highest BCUT2D eigenvalue weighted by Gasteiger charge is 2.14. The third-order valence-electron chi connectivity index (χ3n) is 3.88. The first kappa shape index (κ1) is 20.2. The van der Waals surface area contributed by atoms with Gasteiger partial charge >= 0.3 is 0 Å². The Kier molecular flexibility index (Phi) is 6.24. The number of carbonyl (C=O) groups is 1. The van der Waals surface area contributed by atoms with Crippen LogP contribution in [-0.4, -0.2) is 14.3 Å². The molecule has 1 amide bonds. The molecular weight excluding hydrogens is 419 g/mol. The third-order valence-corrected chi connectivity index (χ3v) is 5.87. The molecule has 2 N–H and O–H groups in total. The predicted octanol–water partition coefficient (Wildman–Crippen LogP) is 4.72. The number of rotatable bonds is 6. The maximum atomic E-state index is 12.4. The molecule has 0 spiro atoms. The van der Waals surface area contributed by atoms with Crippen LogP contribution < -0.4 is 10.0 Å². The highest BCUT2D eigenvalue weighted by atomic mass is 35.5. The molecule has 0 aliphatic heterocycles. The SMILES string of the molecule is O=C(NCc1ccc(Cl)cc1Cl)c1cccc(NS(=O)(=O)c2ccccc2)c1. The van der Waals surface area contributed by atoms with Gasteiger partial charge in [-0.2, -0.15) is 0 Å². The molecule has 0 fully saturated rings. The Morgan fingerprint density at radius 3 is 2.36 bits per heavy atom. The van der Waals surface area contributed by atoms with Crippen LogP contribution in [0.5, 0.6) is 0 Å². The maximum absolute atomic E-state index is 12.4. The first-order chi connectivity index (χ1) is 13.3. The smallest absolute Gasteiger partial charge is 0.261 e. The molecule has 0 heterocycles. The zero-order valence-electron chi connectivity index (χ0n) is 14.5. The van der Waals surface area contributed by atoms with E-state index in [-0.39, 0.29) is 17.3 Å².